The molecule has 0 N–H and O–H groups in total. The molecular weight excluding hydrogens is 544 g/mol. The van der Waals surface area contributed by atoms with Crippen LogP contribution in [-0.4, -0.2) is 37.2 Å². The van der Waals surface area contributed by atoms with Gasteiger partial charge in [0.05, 0.1) is 16.3 Å². The number of carbonyl (C=O) groups excluding carboxylic acids is 1. The minimum atomic E-state index is -0.408. The van der Waals surface area contributed by atoms with Gasteiger partial charge >= 0.3 is 0 Å². The smallest absolute Gasteiger partial charge is 0.296 e. The van der Waals surface area contributed by atoms with Crippen LogP contribution in [-0.2, 0) is 18.9 Å². The Labute approximate surface area is 241 Å². The molecule has 2 aliphatic heterocycles. The fraction of sp³-hybridized carbons (Fsp3) is 0.345. The Balaban J connectivity index is 1.64. The summed E-state index contributed by atoms with van der Waals surface area (Å²) in [4.78, 5) is 44.4. The number of hydrogen-bond donors (Lipinski definition) is 0. The van der Waals surface area contributed by atoms with E-state index in [4.69, 9.17) is 12.2 Å². The van der Waals surface area contributed by atoms with Crippen LogP contribution in [0.4, 0.5) is 11.5 Å². The maximum Gasteiger partial charge on any atom is 0.296 e. The maximum atomic E-state index is 13.9. The normalized spacial score (nSPS) is 17.0. The molecule has 2 saturated heterocycles. The summed E-state index contributed by atoms with van der Waals surface area (Å²) >= 11 is 6.75. The summed E-state index contributed by atoms with van der Waals surface area (Å²) in [5, 5.41) is 9.79. The van der Waals surface area contributed by atoms with Gasteiger partial charge in [-0.2, -0.15) is 5.26 Å². The number of nitriles is 1. The molecule has 2 aliphatic rings. The van der Waals surface area contributed by atoms with Gasteiger partial charge in [-0.3, -0.25) is 28.5 Å². The number of para-hydroxylation sites is 1. The van der Waals surface area contributed by atoms with Gasteiger partial charge in [-0.05, 0) is 50.5 Å². The van der Waals surface area contributed by atoms with Gasteiger partial charge in [-0.15, -0.1) is 0 Å². The molecule has 40 heavy (non-hydrogen) atoms. The van der Waals surface area contributed by atoms with E-state index in [2.05, 4.69) is 11.0 Å². The number of anilines is 2. The van der Waals surface area contributed by atoms with Crippen LogP contribution >= 0.6 is 24.0 Å². The van der Waals surface area contributed by atoms with Crippen LogP contribution in [0.2, 0.25) is 0 Å². The number of thiocarbonyl (C=S) groups is 1. The monoisotopic (exact) mass is 574 g/mol. The number of amides is 1. The van der Waals surface area contributed by atoms with Crippen molar-refractivity contribution in [2.75, 3.05) is 22.9 Å². The zero-order valence-electron chi connectivity index (χ0n) is 22.9. The van der Waals surface area contributed by atoms with Crippen molar-refractivity contribution in [1.29, 1.82) is 5.26 Å². The summed E-state index contributed by atoms with van der Waals surface area (Å²) in [5.41, 5.74) is 2.00. The molecule has 0 atom stereocenters. The second kappa shape index (κ2) is 10.9. The highest BCUT2D eigenvalue weighted by Crippen LogP contribution is 2.38. The van der Waals surface area contributed by atoms with Crippen molar-refractivity contribution in [2.45, 2.75) is 39.5 Å². The number of carbonyl (C=O) groups is 1. The Kier molecular flexibility index (Phi) is 7.57. The highest BCUT2D eigenvalue weighted by molar-refractivity contribution is 8.27. The minimum absolute atomic E-state index is 0.0486. The predicted octanol–water partition coefficient (Wildman–Crippen LogP) is 4.15. The largest absolute Gasteiger partial charge is 0.357 e. The van der Waals surface area contributed by atoms with Crippen molar-refractivity contribution >= 4 is 51.8 Å². The third-order valence-corrected chi connectivity index (χ3v) is 8.99. The van der Waals surface area contributed by atoms with Crippen molar-refractivity contribution in [3.8, 4) is 11.8 Å². The minimum Gasteiger partial charge on any atom is -0.357 e. The molecule has 0 saturated carbocycles. The van der Waals surface area contributed by atoms with Crippen molar-refractivity contribution in [3.63, 3.8) is 0 Å². The Morgan fingerprint density at radius 1 is 0.975 bits per heavy atom. The molecule has 2 fully saturated rings. The van der Waals surface area contributed by atoms with Gasteiger partial charge in [-0.25, -0.2) is 4.68 Å². The lowest BCUT2D eigenvalue weighted by molar-refractivity contribution is -0.113. The number of rotatable bonds is 4. The van der Waals surface area contributed by atoms with Gasteiger partial charge in [0.25, 0.3) is 17.0 Å². The van der Waals surface area contributed by atoms with Crippen LogP contribution in [0.25, 0.3) is 11.8 Å². The van der Waals surface area contributed by atoms with E-state index >= 15 is 0 Å². The summed E-state index contributed by atoms with van der Waals surface area (Å²) in [7, 11) is 3.44. The number of hydrogen-bond acceptors (Lipinski definition) is 7. The van der Waals surface area contributed by atoms with Crippen LogP contribution in [0.3, 0.4) is 0 Å². The second-order valence-electron chi connectivity index (χ2n) is 10.0. The van der Waals surface area contributed by atoms with Gasteiger partial charge in [0.1, 0.15) is 23.1 Å². The van der Waals surface area contributed by atoms with E-state index in [1.165, 1.54) is 14.1 Å². The van der Waals surface area contributed by atoms with Gasteiger partial charge in [-0.1, -0.05) is 55.0 Å². The third kappa shape index (κ3) is 4.51. The van der Waals surface area contributed by atoms with Crippen LogP contribution in [0.1, 0.15) is 48.1 Å². The number of benzene rings is 1. The van der Waals surface area contributed by atoms with Crippen molar-refractivity contribution in [2.24, 2.45) is 14.1 Å². The fourth-order valence-corrected chi connectivity index (χ4v) is 6.73. The van der Waals surface area contributed by atoms with E-state index in [0.29, 0.717) is 33.2 Å². The summed E-state index contributed by atoms with van der Waals surface area (Å²) < 4.78 is 4.99. The van der Waals surface area contributed by atoms with Crippen molar-refractivity contribution in [1.82, 2.24) is 13.9 Å². The number of nitrogens with zero attached hydrogens (tertiary/aromatic N) is 6. The number of thioether (sulfide) groups is 1. The quantitative estimate of drug-likeness (QED) is 0.341. The summed E-state index contributed by atoms with van der Waals surface area (Å²) in [6.45, 7) is 5.09. The maximum absolute atomic E-state index is 13.9. The topological polar surface area (TPSA) is 96.3 Å². The molecule has 9 nitrogen and oxygen atoms in total. The molecule has 0 aliphatic carbocycles. The SMILES string of the molecule is Cc1c(/C=C2/SC(=S)N(c3c(C)n(C)n(-c4ccccc4)c3=O)C2=O)c(N2CCCCCC2)n(C)c(=O)c1C#N. The molecule has 11 heteroatoms. The van der Waals surface area contributed by atoms with E-state index in [1.54, 1.807) is 38.7 Å². The average Bonchev–Trinajstić information content (AvgIpc) is 3.19. The summed E-state index contributed by atoms with van der Waals surface area (Å²) in [5.74, 6) is 0.283. The van der Waals surface area contributed by atoms with Gasteiger partial charge in [0.15, 0.2) is 4.32 Å². The van der Waals surface area contributed by atoms with E-state index < -0.39 is 5.91 Å². The molecule has 2 aromatic heterocycles. The molecule has 4 heterocycles. The first kappa shape index (κ1) is 27.7. The number of pyridine rings is 1. The zero-order valence-corrected chi connectivity index (χ0v) is 24.6. The second-order valence-corrected chi connectivity index (χ2v) is 11.7. The van der Waals surface area contributed by atoms with Gasteiger partial charge in [0.2, 0.25) is 0 Å². The molecule has 3 aromatic rings. The van der Waals surface area contributed by atoms with Gasteiger partial charge < -0.3 is 4.90 Å². The van der Waals surface area contributed by atoms with Crippen LogP contribution in [0, 0.1) is 25.2 Å². The van der Waals surface area contributed by atoms with Crippen molar-refractivity contribution in [3.05, 3.63) is 78.3 Å². The highest BCUT2D eigenvalue weighted by Gasteiger charge is 2.38. The molecule has 1 aromatic carbocycles. The number of aromatic nitrogens is 3. The Morgan fingerprint density at radius 2 is 1.62 bits per heavy atom. The van der Waals surface area contributed by atoms with Crippen LogP contribution < -0.4 is 20.9 Å². The Morgan fingerprint density at radius 3 is 2.25 bits per heavy atom. The lowest BCUT2D eigenvalue weighted by Crippen LogP contribution is -2.34. The van der Waals surface area contributed by atoms with Crippen molar-refractivity contribution < 1.29 is 4.79 Å². The van der Waals surface area contributed by atoms with E-state index in [0.717, 1.165) is 50.5 Å². The Hall–Kier alpha value is -3.88. The van der Waals surface area contributed by atoms with E-state index in [9.17, 15) is 19.6 Å². The molecule has 0 spiro atoms. The lowest BCUT2D eigenvalue weighted by Gasteiger charge is -2.28. The molecule has 0 radical (unpaired) electrons. The molecule has 1 amide bonds. The summed E-state index contributed by atoms with van der Waals surface area (Å²) in [6, 6.07) is 11.3. The molecule has 0 bridgehead atoms. The lowest BCUT2D eigenvalue weighted by atomic mass is 10.0. The van der Waals surface area contributed by atoms with Crippen LogP contribution in [0.15, 0.2) is 44.8 Å². The summed E-state index contributed by atoms with van der Waals surface area (Å²) in [6.07, 6.45) is 5.95. The van der Waals surface area contributed by atoms with E-state index in [1.807, 2.05) is 30.3 Å². The van der Waals surface area contributed by atoms with Gasteiger partial charge in [0, 0.05) is 32.7 Å². The molecule has 5 rings (SSSR count). The Bertz CT molecular complexity index is 1720. The van der Waals surface area contributed by atoms with E-state index in [-0.39, 0.29) is 26.7 Å². The third-order valence-electron chi connectivity index (χ3n) is 7.69. The fourth-order valence-electron chi connectivity index (χ4n) is 5.48. The molecular formula is C29H30N6O3S2. The van der Waals surface area contributed by atoms with Crippen LogP contribution in [0.5, 0.6) is 0 Å². The standard InChI is InChI=1S/C29H30N6O3S2/c1-18-21(25(31(3)26(36)22(18)17-30)33-14-10-5-6-11-15-33)16-23-27(37)34(29(39)40-23)24-19(2)32(4)35(28(24)38)20-12-8-7-9-13-20/h7-9,12-13,16H,5-6,10-11,14-15H2,1-4H3/b23-16+. The zero-order chi connectivity index (χ0) is 28.7. The predicted molar refractivity (Wildman–Crippen MR) is 163 cm³/mol. The average molecular weight is 575 g/mol. The first-order valence-corrected chi connectivity index (χ1v) is 14.4. The molecule has 0 unspecified atom stereocenters. The first-order chi connectivity index (χ1) is 19.2. The first-order valence-electron chi connectivity index (χ1n) is 13.2. The molecule has 206 valence electrons. The highest BCUT2D eigenvalue weighted by atomic mass is 32.2.